The van der Waals surface area contributed by atoms with E-state index in [-0.39, 0.29) is 64.2 Å². The molecule has 0 atom stereocenters. The Morgan fingerprint density at radius 2 is 0.941 bits per heavy atom. The minimum absolute atomic E-state index is 0. The fraction of sp³-hybridized carbons (Fsp3) is 0.321. The smallest absolute Gasteiger partial charge is 0.273 e. The number of anilines is 2. The third-order valence-corrected chi connectivity index (χ3v) is 12.6. The molecule has 8 rings (SSSR count). The summed E-state index contributed by atoms with van der Waals surface area (Å²) >= 11 is 5.19. The minimum Gasteiger partial charge on any atom is -0.382 e. The summed E-state index contributed by atoms with van der Waals surface area (Å²) in [5.74, 6) is -0.162. The third-order valence-electron chi connectivity index (χ3n) is 12.4. The molecular weight excluding hydrogens is 876 g/mol. The van der Waals surface area contributed by atoms with Gasteiger partial charge in [-0.2, -0.15) is 0 Å². The van der Waals surface area contributed by atoms with E-state index in [1.54, 1.807) is 0 Å². The molecule has 0 spiro atoms. The van der Waals surface area contributed by atoms with Crippen molar-refractivity contribution in [2.24, 2.45) is 0 Å². The van der Waals surface area contributed by atoms with Crippen LogP contribution in [0.4, 0.5) is 11.6 Å². The van der Waals surface area contributed by atoms with Gasteiger partial charge in [0.05, 0.1) is 0 Å². The van der Waals surface area contributed by atoms with Crippen LogP contribution in [0.2, 0.25) is 0 Å². The summed E-state index contributed by atoms with van der Waals surface area (Å²) < 4.78 is 0. The zero-order valence-corrected chi connectivity index (χ0v) is 38.4. The Labute approximate surface area is 404 Å². The van der Waals surface area contributed by atoms with Gasteiger partial charge in [0.1, 0.15) is 0 Å². The summed E-state index contributed by atoms with van der Waals surface area (Å²) in [6, 6.07) is 40.5. The van der Waals surface area contributed by atoms with Crippen molar-refractivity contribution >= 4 is 46.2 Å². The number of hydrogen-bond donors (Lipinski definition) is 5. The lowest BCUT2D eigenvalue weighted by atomic mass is 9.72. The van der Waals surface area contributed by atoms with Gasteiger partial charge in [-0.05, 0) is 85.5 Å². The number of amides is 3. The third kappa shape index (κ3) is 15.0. The van der Waals surface area contributed by atoms with Crippen LogP contribution in [0.1, 0.15) is 89.2 Å². The molecule has 3 amide bonds. The first-order valence-electron chi connectivity index (χ1n) is 22.6. The Balaban J connectivity index is 0.000000213. The number of halogens is 1. The molecular formula is C53H63ClN10O4. The van der Waals surface area contributed by atoms with Gasteiger partial charge in [-0.1, -0.05) is 129 Å². The van der Waals surface area contributed by atoms with E-state index in [1.807, 2.05) is 89.8 Å². The van der Waals surface area contributed by atoms with E-state index in [0.29, 0.717) is 39.0 Å². The summed E-state index contributed by atoms with van der Waals surface area (Å²) in [5, 5.41) is 9.13. The molecule has 2 aromatic heterocycles. The molecule has 68 heavy (non-hydrogen) atoms. The number of rotatable bonds is 14. The topological polar surface area (TPSA) is 211 Å². The van der Waals surface area contributed by atoms with Gasteiger partial charge in [-0.3, -0.25) is 19.2 Å². The Kier molecular flexibility index (Phi) is 20.1. The zero-order chi connectivity index (χ0) is 47.3. The van der Waals surface area contributed by atoms with E-state index in [4.69, 9.17) is 23.1 Å². The van der Waals surface area contributed by atoms with Gasteiger partial charge in [0.25, 0.3) is 11.8 Å². The average molecular weight is 940 g/mol. The van der Waals surface area contributed by atoms with Crippen molar-refractivity contribution in [2.75, 3.05) is 50.7 Å². The molecule has 2 fully saturated rings. The fourth-order valence-corrected chi connectivity index (χ4v) is 8.56. The van der Waals surface area contributed by atoms with Crippen molar-refractivity contribution in [1.82, 2.24) is 40.8 Å². The van der Waals surface area contributed by atoms with Crippen LogP contribution >= 0.6 is 11.6 Å². The molecule has 15 heteroatoms. The van der Waals surface area contributed by atoms with Crippen LogP contribution in [0.3, 0.4) is 0 Å². The highest BCUT2D eigenvalue weighted by molar-refractivity contribution is 6.63. The molecule has 2 saturated heterocycles. The highest BCUT2D eigenvalue weighted by atomic mass is 35.5. The molecule has 0 bridgehead atoms. The first-order chi connectivity index (χ1) is 32.6. The SMILES string of the molecule is C.Nc1nccnc1C(=O)NCC1(c2ccccc2)CCN(C(=O)CCc2ccccc2)CC1.Nc1nccnc1C(=O)NCC1(c2ccccc2)CCNCC1.O=C(Cl)CCc1ccccc1. The van der Waals surface area contributed by atoms with Crippen molar-refractivity contribution in [1.29, 1.82) is 0 Å². The number of benzene rings is 4. The van der Waals surface area contributed by atoms with Crippen molar-refractivity contribution in [2.45, 2.75) is 69.6 Å². The van der Waals surface area contributed by atoms with Gasteiger partial charge in [0.2, 0.25) is 11.1 Å². The molecule has 0 saturated carbocycles. The molecule has 0 unspecified atom stereocenters. The zero-order valence-electron chi connectivity index (χ0n) is 37.7. The molecule has 4 aromatic carbocycles. The van der Waals surface area contributed by atoms with Gasteiger partial charge in [0, 0.05) is 74.6 Å². The van der Waals surface area contributed by atoms with Crippen molar-refractivity contribution in [3.05, 3.63) is 180 Å². The first-order valence-corrected chi connectivity index (χ1v) is 23.0. The average Bonchev–Trinajstić information content (AvgIpc) is 3.38. The van der Waals surface area contributed by atoms with Crippen molar-refractivity contribution < 1.29 is 19.2 Å². The molecule has 2 aliphatic heterocycles. The number of nitrogens with one attached hydrogen (secondary N) is 3. The van der Waals surface area contributed by atoms with Gasteiger partial charge in [0.15, 0.2) is 23.0 Å². The van der Waals surface area contributed by atoms with Crippen LogP contribution in [-0.2, 0) is 33.3 Å². The lowest BCUT2D eigenvalue weighted by molar-refractivity contribution is -0.132. The van der Waals surface area contributed by atoms with Gasteiger partial charge >= 0.3 is 0 Å². The molecule has 6 aromatic rings. The van der Waals surface area contributed by atoms with Crippen LogP contribution in [0.15, 0.2) is 146 Å². The summed E-state index contributed by atoms with van der Waals surface area (Å²) in [7, 11) is 0. The molecule has 356 valence electrons. The standard InChI is InChI=1S/C26H29N5O2.C17H21N5O.C9H9ClO.CH4/c27-24-23(28-15-16-29-24)25(33)30-19-26(21-9-5-2-6-10-21)13-17-31(18-14-26)22(32)12-11-20-7-3-1-4-8-20;18-15-14(20-10-11-21-15)16(23)22-12-17(6-8-19-9-7-17)13-4-2-1-3-5-13;10-9(11)7-6-8-4-2-1-3-5-8;/h1-10,15-16H,11-14,17-19H2,(H2,27,29)(H,30,33);1-5,10-11,19H,6-9,12H2,(H2,18,21)(H,22,23);1-5H,6-7H2;1H4. The quantitative estimate of drug-likeness (QED) is 0.0695. The van der Waals surface area contributed by atoms with Crippen LogP contribution in [0.25, 0.3) is 0 Å². The normalized spacial score (nSPS) is 14.5. The predicted octanol–water partition coefficient (Wildman–Crippen LogP) is 7.11. The summed E-state index contributed by atoms with van der Waals surface area (Å²) in [4.78, 5) is 66.2. The largest absolute Gasteiger partial charge is 0.382 e. The second-order valence-corrected chi connectivity index (χ2v) is 17.1. The second-order valence-electron chi connectivity index (χ2n) is 16.7. The molecule has 4 heterocycles. The van der Waals surface area contributed by atoms with Gasteiger partial charge in [-0.25, -0.2) is 19.9 Å². The maximum absolute atomic E-state index is 12.8. The van der Waals surface area contributed by atoms with E-state index in [9.17, 15) is 19.2 Å². The van der Waals surface area contributed by atoms with E-state index in [2.05, 4.69) is 72.3 Å². The minimum atomic E-state index is -0.336. The number of aryl methyl sites for hydroxylation is 2. The number of nitrogens with zero attached hydrogens (tertiary/aromatic N) is 5. The molecule has 14 nitrogen and oxygen atoms in total. The fourth-order valence-electron chi connectivity index (χ4n) is 8.46. The number of nitrogens with two attached hydrogens (primary N) is 2. The van der Waals surface area contributed by atoms with E-state index in [0.717, 1.165) is 62.7 Å². The second kappa shape index (κ2) is 26.3. The lowest BCUT2D eigenvalue weighted by Crippen LogP contribution is -2.50. The molecule has 0 radical (unpaired) electrons. The monoisotopic (exact) mass is 938 g/mol. The van der Waals surface area contributed by atoms with Crippen LogP contribution in [-0.4, -0.2) is 87.1 Å². The molecule has 0 aliphatic carbocycles. The van der Waals surface area contributed by atoms with Crippen molar-refractivity contribution in [3.8, 4) is 0 Å². The number of piperidine rings is 2. The summed E-state index contributed by atoms with van der Waals surface area (Å²) in [5.41, 5.74) is 16.3. The van der Waals surface area contributed by atoms with Gasteiger partial charge < -0.3 is 32.3 Å². The number of likely N-dealkylation sites (tertiary alicyclic amines) is 1. The van der Waals surface area contributed by atoms with Crippen molar-refractivity contribution in [3.63, 3.8) is 0 Å². The number of carbonyl (C=O) groups excluding carboxylic acids is 4. The maximum Gasteiger partial charge on any atom is 0.273 e. The van der Waals surface area contributed by atoms with E-state index >= 15 is 0 Å². The predicted molar refractivity (Wildman–Crippen MR) is 269 cm³/mol. The Hall–Kier alpha value is -7.03. The summed E-state index contributed by atoms with van der Waals surface area (Å²) in [6.07, 6.45) is 11.8. The van der Waals surface area contributed by atoms with Crippen LogP contribution in [0.5, 0.6) is 0 Å². The molecule has 2 aliphatic rings. The Morgan fingerprint density at radius 3 is 1.35 bits per heavy atom. The number of carbonyl (C=O) groups is 4. The van der Waals surface area contributed by atoms with Crippen LogP contribution < -0.4 is 27.4 Å². The summed E-state index contributed by atoms with van der Waals surface area (Å²) in [6.45, 7) is 4.21. The van der Waals surface area contributed by atoms with E-state index in [1.165, 1.54) is 35.9 Å². The molecule has 7 N–H and O–H groups in total. The number of aromatic nitrogens is 4. The number of nitrogen functional groups attached to an aromatic ring is 2. The van der Waals surface area contributed by atoms with Crippen LogP contribution in [0, 0.1) is 0 Å². The highest BCUT2D eigenvalue weighted by Crippen LogP contribution is 2.36. The first kappa shape index (κ1) is 51.9. The Morgan fingerprint density at radius 1 is 0.559 bits per heavy atom. The van der Waals surface area contributed by atoms with E-state index < -0.39 is 0 Å². The maximum atomic E-state index is 12.8. The Bertz CT molecular complexity index is 2490. The van der Waals surface area contributed by atoms with Gasteiger partial charge in [-0.15, -0.1) is 0 Å². The lowest BCUT2D eigenvalue weighted by Gasteiger charge is -2.42. The number of hydrogen-bond acceptors (Lipinski definition) is 11. The highest BCUT2D eigenvalue weighted by Gasteiger charge is 2.38.